The zero-order valence-electron chi connectivity index (χ0n) is 15.6. The van der Waals surface area contributed by atoms with E-state index in [0.717, 1.165) is 21.6 Å². The monoisotopic (exact) mass is 364 g/mol. The maximum absolute atomic E-state index is 12.9. The first-order chi connectivity index (χ1) is 12.8. The van der Waals surface area contributed by atoms with Crippen molar-refractivity contribution in [3.05, 3.63) is 64.2 Å². The molecule has 4 amide bonds. The number of aryl methyl sites for hydroxylation is 3. The Labute approximate surface area is 157 Å². The third-order valence-corrected chi connectivity index (χ3v) is 4.30. The summed E-state index contributed by atoms with van der Waals surface area (Å²) in [6.45, 7) is 5.63. The number of hydrogen-bond acceptors (Lipinski definition) is 4. The number of hydrogen-bond donors (Lipinski definition) is 1. The summed E-state index contributed by atoms with van der Waals surface area (Å²) in [6.07, 6.45) is 1.48. The minimum Gasteiger partial charge on any atom is -0.496 e. The lowest BCUT2D eigenvalue weighted by atomic mass is 10.0. The first-order valence-corrected chi connectivity index (χ1v) is 8.44. The Morgan fingerprint density at radius 1 is 0.963 bits per heavy atom. The van der Waals surface area contributed by atoms with Gasteiger partial charge in [0.25, 0.3) is 11.8 Å². The number of rotatable bonds is 3. The van der Waals surface area contributed by atoms with Crippen LogP contribution in [-0.2, 0) is 9.59 Å². The highest BCUT2D eigenvalue weighted by atomic mass is 16.5. The fourth-order valence-electron chi connectivity index (χ4n) is 3.13. The number of amides is 4. The lowest BCUT2D eigenvalue weighted by Crippen LogP contribution is -2.54. The predicted octanol–water partition coefficient (Wildman–Crippen LogP) is 3.29. The first kappa shape index (κ1) is 18.4. The van der Waals surface area contributed by atoms with E-state index in [1.165, 1.54) is 6.08 Å². The van der Waals surface area contributed by atoms with E-state index in [9.17, 15) is 14.4 Å². The summed E-state index contributed by atoms with van der Waals surface area (Å²) < 4.78 is 5.22. The molecule has 0 saturated carbocycles. The van der Waals surface area contributed by atoms with Crippen LogP contribution in [0.15, 0.2) is 42.0 Å². The quantitative estimate of drug-likeness (QED) is 0.670. The summed E-state index contributed by atoms with van der Waals surface area (Å²) in [6, 6.07) is 9.97. The summed E-state index contributed by atoms with van der Waals surface area (Å²) in [5, 5.41) is 2.24. The summed E-state index contributed by atoms with van der Waals surface area (Å²) in [4.78, 5) is 38.5. The van der Waals surface area contributed by atoms with Gasteiger partial charge in [0.05, 0.1) is 12.8 Å². The normalized spacial score (nSPS) is 15.9. The molecule has 27 heavy (non-hydrogen) atoms. The molecule has 0 bridgehead atoms. The highest BCUT2D eigenvalue weighted by Gasteiger charge is 2.36. The van der Waals surface area contributed by atoms with Gasteiger partial charge in [-0.25, -0.2) is 9.69 Å². The average Bonchev–Trinajstić information content (AvgIpc) is 2.57. The molecule has 1 fully saturated rings. The molecule has 0 aliphatic carbocycles. The molecule has 1 saturated heterocycles. The van der Waals surface area contributed by atoms with E-state index in [0.29, 0.717) is 17.0 Å². The average molecular weight is 364 g/mol. The Morgan fingerprint density at radius 2 is 1.63 bits per heavy atom. The third kappa shape index (κ3) is 3.60. The topological polar surface area (TPSA) is 75.7 Å². The van der Waals surface area contributed by atoms with E-state index in [4.69, 9.17) is 4.74 Å². The van der Waals surface area contributed by atoms with Crippen molar-refractivity contribution in [2.45, 2.75) is 20.8 Å². The van der Waals surface area contributed by atoms with Gasteiger partial charge in [-0.3, -0.25) is 14.9 Å². The number of barbiturate groups is 1. The lowest BCUT2D eigenvalue weighted by molar-refractivity contribution is -0.122. The molecular weight excluding hydrogens is 344 g/mol. The third-order valence-electron chi connectivity index (χ3n) is 4.30. The molecule has 2 aromatic carbocycles. The van der Waals surface area contributed by atoms with Crippen LogP contribution >= 0.6 is 0 Å². The number of carbonyl (C=O) groups excluding carboxylic acids is 3. The van der Waals surface area contributed by atoms with Gasteiger partial charge in [0, 0.05) is 0 Å². The number of methoxy groups -OCH3 is 1. The fraction of sp³-hybridized carbons (Fsp3) is 0.190. The van der Waals surface area contributed by atoms with Gasteiger partial charge < -0.3 is 4.74 Å². The predicted molar refractivity (Wildman–Crippen MR) is 103 cm³/mol. The van der Waals surface area contributed by atoms with E-state index < -0.39 is 17.8 Å². The number of nitrogens with one attached hydrogen (secondary N) is 1. The van der Waals surface area contributed by atoms with Crippen LogP contribution in [0.1, 0.15) is 22.3 Å². The van der Waals surface area contributed by atoms with Crippen LogP contribution < -0.4 is 15.0 Å². The van der Waals surface area contributed by atoms with Crippen molar-refractivity contribution in [2.24, 2.45) is 0 Å². The number of benzene rings is 2. The van der Waals surface area contributed by atoms with Gasteiger partial charge >= 0.3 is 6.03 Å². The van der Waals surface area contributed by atoms with Crippen molar-refractivity contribution in [1.82, 2.24) is 5.32 Å². The zero-order valence-corrected chi connectivity index (χ0v) is 15.6. The van der Waals surface area contributed by atoms with E-state index in [2.05, 4.69) is 5.32 Å². The second-order valence-electron chi connectivity index (χ2n) is 6.53. The summed E-state index contributed by atoms with van der Waals surface area (Å²) in [5.74, 6) is -0.648. The number of urea groups is 1. The van der Waals surface area contributed by atoms with Crippen LogP contribution in [0.5, 0.6) is 5.75 Å². The molecule has 138 valence electrons. The van der Waals surface area contributed by atoms with Crippen LogP contribution in [0.25, 0.3) is 6.08 Å². The molecular formula is C21H20N2O4. The van der Waals surface area contributed by atoms with E-state index >= 15 is 0 Å². The Morgan fingerprint density at radius 3 is 2.22 bits per heavy atom. The Bertz CT molecular complexity index is 971. The van der Waals surface area contributed by atoms with Gasteiger partial charge in [-0.1, -0.05) is 12.1 Å². The fourth-order valence-corrected chi connectivity index (χ4v) is 3.13. The first-order valence-electron chi connectivity index (χ1n) is 8.44. The minimum atomic E-state index is -0.752. The van der Waals surface area contributed by atoms with E-state index in [1.807, 2.05) is 32.9 Å². The van der Waals surface area contributed by atoms with Crippen LogP contribution in [-0.4, -0.2) is 25.0 Å². The van der Waals surface area contributed by atoms with Crippen LogP contribution in [0.4, 0.5) is 10.5 Å². The van der Waals surface area contributed by atoms with Crippen molar-refractivity contribution in [2.75, 3.05) is 12.0 Å². The molecule has 1 aliphatic heterocycles. The summed E-state index contributed by atoms with van der Waals surface area (Å²) in [5.41, 5.74) is 3.70. The Hall–Kier alpha value is -3.41. The van der Waals surface area contributed by atoms with Gasteiger partial charge in [-0.2, -0.15) is 0 Å². The van der Waals surface area contributed by atoms with Crippen LogP contribution in [0.2, 0.25) is 0 Å². The van der Waals surface area contributed by atoms with Crippen molar-refractivity contribution in [3.63, 3.8) is 0 Å². The van der Waals surface area contributed by atoms with Gasteiger partial charge in [0.15, 0.2) is 0 Å². The maximum Gasteiger partial charge on any atom is 0.335 e. The highest BCUT2D eigenvalue weighted by molar-refractivity contribution is 6.39. The zero-order chi connectivity index (χ0) is 19.7. The van der Waals surface area contributed by atoms with Gasteiger partial charge in [-0.15, -0.1) is 0 Å². The lowest BCUT2D eigenvalue weighted by Gasteiger charge is -2.27. The minimum absolute atomic E-state index is 0.0988. The molecule has 2 aromatic rings. The molecule has 0 atom stereocenters. The smallest absolute Gasteiger partial charge is 0.335 e. The van der Waals surface area contributed by atoms with Crippen LogP contribution in [0, 0.1) is 20.8 Å². The molecule has 6 nitrogen and oxygen atoms in total. The van der Waals surface area contributed by atoms with Crippen molar-refractivity contribution in [1.29, 1.82) is 0 Å². The van der Waals surface area contributed by atoms with Crippen molar-refractivity contribution >= 4 is 29.6 Å². The number of carbonyl (C=O) groups is 3. The van der Waals surface area contributed by atoms with Gasteiger partial charge in [0.2, 0.25) is 0 Å². The van der Waals surface area contributed by atoms with Gasteiger partial charge in [-0.05, 0) is 73.4 Å². The van der Waals surface area contributed by atoms with Crippen molar-refractivity contribution < 1.29 is 19.1 Å². The van der Waals surface area contributed by atoms with Crippen LogP contribution in [0.3, 0.4) is 0 Å². The largest absolute Gasteiger partial charge is 0.496 e. The van der Waals surface area contributed by atoms with Gasteiger partial charge in [0.1, 0.15) is 11.3 Å². The summed E-state index contributed by atoms with van der Waals surface area (Å²) >= 11 is 0. The molecule has 6 heteroatoms. The molecule has 1 heterocycles. The number of anilines is 1. The SMILES string of the molecule is COc1ccc(C=C2C(=O)NC(=O)N(c3cc(C)cc(C)c3)C2=O)cc1C. The van der Waals surface area contributed by atoms with E-state index in [-0.39, 0.29) is 5.57 Å². The molecule has 0 unspecified atom stereocenters. The highest BCUT2D eigenvalue weighted by Crippen LogP contribution is 2.25. The molecule has 1 aliphatic rings. The van der Waals surface area contributed by atoms with Crippen molar-refractivity contribution in [3.8, 4) is 5.75 Å². The number of nitrogens with zero attached hydrogens (tertiary/aromatic N) is 1. The Kier molecular flexibility index (Phi) is 4.81. The molecule has 0 radical (unpaired) electrons. The molecule has 3 rings (SSSR count). The Balaban J connectivity index is 2.03. The molecule has 0 aromatic heterocycles. The number of ether oxygens (including phenoxy) is 1. The second kappa shape index (κ2) is 7.07. The molecule has 1 N–H and O–H groups in total. The summed E-state index contributed by atoms with van der Waals surface area (Å²) in [7, 11) is 1.58. The maximum atomic E-state index is 12.9. The molecule has 0 spiro atoms. The second-order valence-corrected chi connectivity index (χ2v) is 6.53. The number of imide groups is 2. The van der Waals surface area contributed by atoms with E-state index in [1.54, 1.807) is 31.4 Å². The standard InChI is InChI=1S/C21H20N2O4/c1-12-7-13(2)9-16(8-12)23-20(25)17(19(24)22-21(23)26)11-15-5-6-18(27-4)14(3)10-15/h5-11H,1-4H3,(H,22,24,26).